The lowest BCUT2D eigenvalue weighted by atomic mass is 10.3. The molecule has 1 aliphatic heterocycles. The quantitative estimate of drug-likeness (QED) is 0.729. The van der Waals surface area contributed by atoms with Gasteiger partial charge < -0.3 is 14.7 Å². The van der Waals surface area contributed by atoms with E-state index < -0.39 is 5.91 Å². The van der Waals surface area contributed by atoms with Crippen molar-refractivity contribution in [3.63, 3.8) is 0 Å². The van der Waals surface area contributed by atoms with E-state index >= 15 is 0 Å². The molecule has 3 amide bonds. The average Bonchev–Trinajstić information content (AvgIpc) is 3.31. The van der Waals surface area contributed by atoms with Gasteiger partial charge >= 0.3 is 0 Å². The third-order valence-electron chi connectivity index (χ3n) is 3.52. The van der Waals surface area contributed by atoms with Gasteiger partial charge in [0.25, 0.3) is 11.1 Å². The van der Waals surface area contributed by atoms with Crippen molar-refractivity contribution < 1.29 is 18.8 Å². The molecule has 2 aromatic heterocycles. The van der Waals surface area contributed by atoms with E-state index in [1.807, 2.05) is 0 Å². The molecular formula is C16H16N4O4S. The molecule has 25 heavy (non-hydrogen) atoms. The van der Waals surface area contributed by atoms with E-state index in [0.29, 0.717) is 23.6 Å². The van der Waals surface area contributed by atoms with Crippen molar-refractivity contribution in [3.8, 4) is 0 Å². The molecule has 0 bridgehead atoms. The fourth-order valence-electron chi connectivity index (χ4n) is 2.26. The van der Waals surface area contributed by atoms with Gasteiger partial charge in [-0.3, -0.25) is 19.3 Å². The Labute approximate surface area is 147 Å². The van der Waals surface area contributed by atoms with Crippen LogP contribution in [0.2, 0.25) is 0 Å². The standard InChI is InChI=1S/C16H16N4O4S/c21-14(18-5-3-11-9-17-10-19-11)4-6-20-15(22)13(25-16(20)23)8-12-2-1-7-24-12/h1-2,7-10H,3-6H2,(H,17,19)(H,18,21). The number of amides is 3. The second-order valence-electron chi connectivity index (χ2n) is 5.28. The zero-order valence-corrected chi connectivity index (χ0v) is 14.0. The van der Waals surface area contributed by atoms with Gasteiger partial charge in [0.1, 0.15) is 5.76 Å². The number of thioether (sulfide) groups is 1. The predicted molar refractivity (Wildman–Crippen MR) is 91.3 cm³/mol. The second kappa shape index (κ2) is 7.84. The molecule has 0 aliphatic carbocycles. The van der Waals surface area contributed by atoms with Crippen LogP contribution in [0.4, 0.5) is 4.79 Å². The van der Waals surface area contributed by atoms with Crippen LogP contribution in [0.25, 0.3) is 6.08 Å². The van der Waals surface area contributed by atoms with Crippen LogP contribution in [0.1, 0.15) is 17.9 Å². The van der Waals surface area contributed by atoms with Crippen LogP contribution in [0.3, 0.4) is 0 Å². The summed E-state index contributed by atoms with van der Waals surface area (Å²) in [6.07, 6.45) is 6.98. The maximum Gasteiger partial charge on any atom is 0.293 e. The number of aromatic nitrogens is 2. The molecule has 9 heteroatoms. The Hall–Kier alpha value is -2.81. The highest BCUT2D eigenvalue weighted by Crippen LogP contribution is 2.32. The molecule has 0 spiro atoms. The molecule has 1 fully saturated rings. The third-order valence-corrected chi connectivity index (χ3v) is 4.43. The van der Waals surface area contributed by atoms with E-state index in [4.69, 9.17) is 4.42 Å². The number of H-pyrrole nitrogens is 1. The van der Waals surface area contributed by atoms with Crippen molar-refractivity contribution >= 4 is 34.9 Å². The van der Waals surface area contributed by atoms with Crippen LogP contribution < -0.4 is 5.32 Å². The molecule has 0 saturated carbocycles. The Balaban J connectivity index is 1.46. The fraction of sp³-hybridized carbons (Fsp3) is 0.250. The number of imide groups is 1. The maximum atomic E-state index is 12.3. The van der Waals surface area contributed by atoms with E-state index in [0.717, 1.165) is 22.4 Å². The number of rotatable bonds is 7. The summed E-state index contributed by atoms with van der Waals surface area (Å²) in [5.41, 5.74) is 0.925. The van der Waals surface area contributed by atoms with Crippen LogP contribution in [0, 0.1) is 0 Å². The van der Waals surface area contributed by atoms with Gasteiger partial charge in [0.15, 0.2) is 0 Å². The zero-order valence-electron chi connectivity index (χ0n) is 13.2. The number of carbonyl (C=O) groups excluding carboxylic acids is 3. The van der Waals surface area contributed by atoms with Crippen molar-refractivity contribution in [2.24, 2.45) is 0 Å². The van der Waals surface area contributed by atoms with Gasteiger partial charge in [-0.15, -0.1) is 0 Å². The smallest absolute Gasteiger partial charge is 0.293 e. The van der Waals surface area contributed by atoms with Crippen LogP contribution in [-0.2, 0) is 16.0 Å². The lowest BCUT2D eigenvalue weighted by molar-refractivity contribution is -0.124. The molecule has 8 nitrogen and oxygen atoms in total. The summed E-state index contributed by atoms with van der Waals surface area (Å²) < 4.78 is 5.14. The number of hydrogen-bond acceptors (Lipinski definition) is 6. The van der Waals surface area contributed by atoms with Gasteiger partial charge in [0.2, 0.25) is 5.91 Å². The SMILES string of the molecule is O=C(CCN1C(=O)SC(=Cc2ccco2)C1=O)NCCc1cnc[nH]1. The Morgan fingerprint density at radius 1 is 1.44 bits per heavy atom. The number of aromatic amines is 1. The number of nitrogens with zero attached hydrogens (tertiary/aromatic N) is 2. The second-order valence-corrected chi connectivity index (χ2v) is 6.27. The van der Waals surface area contributed by atoms with E-state index in [1.54, 1.807) is 24.7 Å². The molecule has 2 N–H and O–H groups in total. The zero-order chi connectivity index (χ0) is 17.6. The highest BCUT2D eigenvalue weighted by molar-refractivity contribution is 8.18. The van der Waals surface area contributed by atoms with Crippen LogP contribution in [0.15, 0.2) is 40.2 Å². The lowest BCUT2D eigenvalue weighted by Crippen LogP contribution is -2.34. The average molecular weight is 360 g/mol. The minimum absolute atomic E-state index is 0.0516. The van der Waals surface area contributed by atoms with E-state index in [-0.39, 0.29) is 24.1 Å². The number of furan rings is 1. The first kappa shape index (κ1) is 17.0. The molecule has 0 radical (unpaired) electrons. The molecule has 1 saturated heterocycles. The van der Waals surface area contributed by atoms with Crippen molar-refractivity contribution in [3.05, 3.63) is 47.3 Å². The summed E-state index contributed by atoms with van der Waals surface area (Å²) in [5.74, 6) is -0.118. The molecule has 3 rings (SSSR count). The summed E-state index contributed by atoms with van der Waals surface area (Å²) in [5, 5.41) is 2.37. The van der Waals surface area contributed by atoms with E-state index in [1.165, 1.54) is 12.3 Å². The first-order chi connectivity index (χ1) is 12.1. The number of imidazole rings is 1. The van der Waals surface area contributed by atoms with Gasteiger partial charge in [0.05, 0.1) is 17.5 Å². The minimum Gasteiger partial charge on any atom is -0.465 e. The molecule has 0 unspecified atom stereocenters. The van der Waals surface area contributed by atoms with E-state index in [2.05, 4.69) is 15.3 Å². The van der Waals surface area contributed by atoms with Crippen LogP contribution in [0.5, 0.6) is 0 Å². The molecular weight excluding hydrogens is 344 g/mol. The topological polar surface area (TPSA) is 108 Å². The highest BCUT2D eigenvalue weighted by atomic mass is 32.2. The summed E-state index contributed by atoms with van der Waals surface area (Å²) >= 11 is 0.844. The molecule has 130 valence electrons. The molecule has 3 heterocycles. The van der Waals surface area contributed by atoms with Crippen LogP contribution >= 0.6 is 11.8 Å². The van der Waals surface area contributed by atoms with Gasteiger partial charge in [-0.25, -0.2) is 4.98 Å². The summed E-state index contributed by atoms with van der Waals surface area (Å²) in [6.45, 7) is 0.511. The van der Waals surface area contributed by atoms with Crippen LogP contribution in [-0.4, -0.2) is 45.0 Å². The fourth-order valence-corrected chi connectivity index (χ4v) is 3.10. The Morgan fingerprint density at radius 3 is 3.04 bits per heavy atom. The van der Waals surface area contributed by atoms with Gasteiger partial charge in [-0.2, -0.15) is 0 Å². The van der Waals surface area contributed by atoms with E-state index in [9.17, 15) is 14.4 Å². The Kier molecular flexibility index (Phi) is 5.34. The largest absolute Gasteiger partial charge is 0.465 e. The minimum atomic E-state index is -0.406. The monoisotopic (exact) mass is 360 g/mol. The predicted octanol–water partition coefficient (Wildman–Crippen LogP) is 1.79. The first-order valence-electron chi connectivity index (χ1n) is 7.66. The normalized spacial score (nSPS) is 16.0. The lowest BCUT2D eigenvalue weighted by Gasteiger charge is -2.12. The molecule has 0 aromatic carbocycles. The summed E-state index contributed by atoms with van der Waals surface area (Å²) in [6, 6.07) is 3.39. The number of carbonyl (C=O) groups is 3. The molecule has 2 aromatic rings. The first-order valence-corrected chi connectivity index (χ1v) is 8.48. The number of hydrogen-bond donors (Lipinski definition) is 2. The van der Waals surface area contributed by atoms with Crippen molar-refractivity contribution in [2.45, 2.75) is 12.8 Å². The molecule has 0 atom stereocenters. The van der Waals surface area contributed by atoms with Crippen molar-refractivity contribution in [1.29, 1.82) is 0 Å². The molecule has 1 aliphatic rings. The van der Waals surface area contributed by atoms with Gasteiger partial charge in [-0.05, 0) is 23.9 Å². The highest BCUT2D eigenvalue weighted by Gasteiger charge is 2.35. The Morgan fingerprint density at radius 2 is 2.32 bits per heavy atom. The Bertz CT molecular complexity index is 783. The number of nitrogens with one attached hydrogen (secondary N) is 2. The summed E-state index contributed by atoms with van der Waals surface area (Å²) in [4.78, 5) is 44.3. The third kappa shape index (κ3) is 4.38. The van der Waals surface area contributed by atoms with Crippen molar-refractivity contribution in [2.75, 3.05) is 13.1 Å². The van der Waals surface area contributed by atoms with Gasteiger partial charge in [-0.1, -0.05) is 0 Å². The maximum absolute atomic E-state index is 12.3. The van der Waals surface area contributed by atoms with Crippen molar-refractivity contribution in [1.82, 2.24) is 20.2 Å². The summed E-state index contributed by atoms with van der Waals surface area (Å²) in [7, 11) is 0. The van der Waals surface area contributed by atoms with Gasteiger partial charge in [0, 0.05) is 43.9 Å².